The summed E-state index contributed by atoms with van der Waals surface area (Å²) < 4.78 is 8.87. The van der Waals surface area contributed by atoms with Gasteiger partial charge in [0.2, 0.25) is 0 Å². The molecule has 0 radical (unpaired) electrons. The average molecular weight is 715 g/mol. The highest BCUT2D eigenvalue weighted by molar-refractivity contribution is 6.20. The van der Waals surface area contributed by atoms with Crippen LogP contribution in [-0.4, -0.2) is 10.3 Å². The quantitative estimate of drug-likeness (QED) is 0.179. The Hall–Kier alpha value is -7.23. The van der Waals surface area contributed by atoms with Crippen molar-refractivity contribution in [1.82, 2.24) is 4.57 Å². The minimum absolute atomic E-state index is 0.00841. The second-order valence-electron chi connectivity index (χ2n) is 15.1. The normalized spacial score (nSPS) is 15.1. The predicted molar refractivity (Wildman–Crippen MR) is 234 cm³/mol. The van der Waals surface area contributed by atoms with Crippen LogP contribution in [0.25, 0.3) is 76.9 Å². The van der Waals surface area contributed by atoms with Crippen molar-refractivity contribution >= 4 is 71.5 Å². The van der Waals surface area contributed by atoms with Gasteiger partial charge in [-0.05, 0) is 105 Å². The molecule has 3 heteroatoms. The zero-order chi connectivity index (χ0) is 36.9. The Morgan fingerprint density at radius 1 is 0.554 bits per heavy atom. The summed E-state index contributed by atoms with van der Waals surface area (Å²) in [7, 11) is 0. The number of para-hydroxylation sites is 4. The summed E-state index contributed by atoms with van der Waals surface area (Å²) in [5.41, 5.74) is 16.6. The lowest BCUT2D eigenvalue weighted by molar-refractivity contribution is 0.667. The topological polar surface area (TPSA) is 30.4 Å². The van der Waals surface area contributed by atoms with Crippen LogP contribution in [0.5, 0.6) is 0 Å². The van der Waals surface area contributed by atoms with Crippen molar-refractivity contribution in [3.63, 3.8) is 0 Å². The Labute approximate surface area is 323 Å². The first-order chi connectivity index (χ1) is 27.7. The van der Waals surface area contributed by atoms with E-state index in [1.54, 1.807) is 0 Å². The van der Waals surface area contributed by atoms with Crippen LogP contribution >= 0.6 is 0 Å². The van der Waals surface area contributed by atoms with Crippen LogP contribution in [0, 0.1) is 0 Å². The maximum Gasteiger partial charge on any atom is 0.135 e. The van der Waals surface area contributed by atoms with Crippen LogP contribution in [0.3, 0.4) is 0 Å². The Morgan fingerprint density at radius 2 is 1.30 bits per heavy atom. The van der Waals surface area contributed by atoms with Gasteiger partial charge in [0.15, 0.2) is 0 Å². The summed E-state index contributed by atoms with van der Waals surface area (Å²) in [4.78, 5) is 5.63. The van der Waals surface area contributed by atoms with Gasteiger partial charge in [-0.2, -0.15) is 0 Å². The third kappa shape index (κ3) is 4.55. The summed E-state index contributed by atoms with van der Waals surface area (Å²) in [6.07, 6.45) is 3.12. The molecule has 0 bridgehead atoms. The van der Waals surface area contributed by atoms with Crippen molar-refractivity contribution in [2.24, 2.45) is 4.99 Å². The van der Waals surface area contributed by atoms with E-state index >= 15 is 0 Å². The summed E-state index contributed by atoms with van der Waals surface area (Å²) in [6, 6.07) is 61.2. The second kappa shape index (κ2) is 11.9. The highest BCUT2D eigenvalue weighted by atomic mass is 16.3. The maximum atomic E-state index is 6.49. The largest absolute Gasteiger partial charge is 0.456 e. The fraction of sp³-hybridized carbons (Fsp3) is 0.0377. The first kappa shape index (κ1) is 31.2. The molecule has 0 spiro atoms. The van der Waals surface area contributed by atoms with Crippen molar-refractivity contribution in [2.75, 3.05) is 0 Å². The smallest absolute Gasteiger partial charge is 0.135 e. The number of furan rings is 1. The standard InChI is InChI=1S/C53H34N2O/c1-32-27-46(45-28-35-30-51-44(41-19-9-12-22-50(41)56-51)31-43(35)42-26-23-33-13-5-6-17-38(33)52(42)45)53(54-47-20-10-7-16-37(32)47)34-24-25-40-39-18-8-11-21-48(39)55(49(40)29-34)36-14-3-2-4-15-36/h2-27,29-31,45H,1,28H2. The van der Waals surface area contributed by atoms with Gasteiger partial charge in [0, 0.05) is 44.3 Å². The van der Waals surface area contributed by atoms with Crippen LogP contribution < -0.4 is 0 Å². The van der Waals surface area contributed by atoms with Gasteiger partial charge < -0.3 is 8.98 Å². The number of hydrogen-bond donors (Lipinski definition) is 0. The molecule has 1 aliphatic heterocycles. The Bertz CT molecular complexity index is 3360. The van der Waals surface area contributed by atoms with Crippen molar-refractivity contribution in [3.8, 4) is 16.8 Å². The molecule has 56 heavy (non-hydrogen) atoms. The van der Waals surface area contributed by atoms with Crippen LogP contribution in [0.15, 0.2) is 197 Å². The third-order valence-corrected chi connectivity index (χ3v) is 12.1. The van der Waals surface area contributed by atoms with Gasteiger partial charge in [-0.3, -0.25) is 0 Å². The number of nitrogens with zero attached hydrogens (tertiary/aromatic N) is 2. The molecule has 12 rings (SSSR count). The van der Waals surface area contributed by atoms with Gasteiger partial charge in [0.05, 0.1) is 22.4 Å². The molecule has 0 saturated heterocycles. The molecule has 10 aromatic rings. The fourth-order valence-electron chi connectivity index (χ4n) is 9.56. The molecular weight excluding hydrogens is 681 g/mol. The van der Waals surface area contributed by atoms with Crippen molar-refractivity contribution in [3.05, 3.63) is 210 Å². The average Bonchev–Trinajstić information content (AvgIpc) is 3.73. The van der Waals surface area contributed by atoms with Gasteiger partial charge in [-0.15, -0.1) is 0 Å². The molecule has 3 heterocycles. The van der Waals surface area contributed by atoms with Crippen molar-refractivity contribution in [2.45, 2.75) is 12.3 Å². The summed E-state index contributed by atoms with van der Waals surface area (Å²) in [6.45, 7) is 4.68. The number of aromatic nitrogens is 1. The predicted octanol–water partition coefficient (Wildman–Crippen LogP) is 13.9. The van der Waals surface area contributed by atoms with E-state index in [1.165, 1.54) is 54.9 Å². The lowest BCUT2D eigenvalue weighted by Crippen LogP contribution is -2.20. The minimum Gasteiger partial charge on any atom is -0.456 e. The molecule has 2 aromatic heterocycles. The van der Waals surface area contributed by atoms with Crippen LogP contribution in [0.2, 0.25) is 0 Å². The van der Waals surface area contributed by atoms with Crippen LogP contribution in [-0.2, 0) is 6.42 Å². The summed E-state index contributed by atoms with van der Waals surface area (Å²) in [5.74, 6) is -0.00841. The van der Waals surface area contributed by atoms with E-state index in [0.29, 0.717) is 0 Å². The molecular formula is C53H34N2O. The molecule has 0 amide bonds. The lowest BCUT2D eigenvalue weighted by atomic mass is 9.71. The highest BCUT2D eigenvalue weighted by Crippen LogP contribution is 2.50. The maximum absolute atomic E-state index is 6.49. The van der Waals surface area contributed by atoms with Gasteiger partial charge in [0.25, 0.3) is 0 Å². The number of allylic oxidation sites excluding steroid dienone is 3. The molecule has 3 nitrogen and oxygen atoms in total. The van der Waals surface area contributed by atoms with Gasteiger partial charge in [-0.25, -0.2) is 4.99 Å². The highest BCUT2D eigenvalue weighted by Gasteiger charge is 2.34. The van der Waals surface area contributed by atoms with Gasteiger partial charge >= 0.3 is 0 Å². The van der Waals surface area contributed by atoms with E-state index < -0.39 is 0 Å². The first-order valence-corrected chi connectivity index (χ1v) is 19.3. The number of fused-ring (bicyclic) bond motifs is 12. The molecule has 8 aromatic carbocycles. The number of hydrogen-bond acceptors (Lipinski definition) is 2. The zero-order valence-electron chi connectivity index (χ0n) is 30.5. The van der Waals surface area contributed by atoms with E-state index in [4.69, 9.17) is 9.41 Å². The molecule has 2 aliphatic rings. The monoisotopic (exact) mass is 714 g/mol. The zero-order valence-corrected chi connectivity index (χ0v) is 30.5. The molecule has 1 atom stereocenters. The second-order valence-corrected chi connectivity index (χ2v) is 15.1. The molecule has 0 saturated carbocycles. The summed E-state index contributed by atoms with van der Waals surface area (Å²) in [5, 5.41) is 7.25. The van der Waals surface area contributed by atoms with Crippen LogP contribution in [0.1, 0.15) is 28.2 Å². The van der Waals surface area contributed by atoms with E-state index in [2.05, 4.69) is 181 Å². The van der Waals surface area contributed by atoms with E-state index in [0.717, 1.165) is 67.7 Å². The summed E-state index contributed by atoms with van der Waals surface area (Å²) >= 11 is 0. The first-order valence-electron chi connectivity index (χ1n) is 19.3. The van der Waals surface area contributed by atoms with Crippen molar-refractivity contribution < 1.29 is 4.42 Å². The molecule has 0 fully saturated rings. The fourth-order valence-corrected chi connectivity index (χ4v) is 9.56. The Balaban J connectivity index is 1.13. The van der Waals surface area contributed by atoms with Gasteiger partial charge in [-0.1, -0.05) is 128 Å². The molecule has 1 aliphatic carbocycles. The third-order valence-electron chi connectivity index (χ3n) is 12.1. The van der Waals surface area contributed by atoms with E-state index in [-0.39, 0.29) is 5.92 Å². The van der Waals surface area contributed by atoms with E-state index in [9.17, 15) is 0 Å². The number of benzene rings is 8. The Morgan fingerprint density at radius 3 is 2.21 bits per heavy atom. The SMILES string of the molecule is C=C1C=C(C2Cc3cc4oc5ccccc5c4cc3-c3ccc4ccccc4c32)C(c2ccc3c4ccccc4n(-c4ccccc4)c3c2)=Nc2ccccc21. The molecule has 0 N–H and O–H groups in total. The molecule has 262 valence electrons. The number of aliphatic imine (C=N–C) groups is 1. The minimum atomic E-state index is -0.00841. The Kier molecular flexibility index (Phi) is 6.61. The van der Waals surface area contributed by atoms with E-state index in [1.807, 2.05) is 6.07 Å². The molecule has 1 unspecified atom stereocenters. The van der Waals surface area contributed by atoms with Crippen molar-refractivity contribution in [1.29, 1.82) is 0 Å². The lowest BCUT2D eigenvalue weighted by Gasteiger charge is -2.32. The van der Waals surface area contributed by atoms with Crippen LogP contribution in [0.4, 0.5) is 5.69 Å². The number of rotatable bonds is 3. The van der Waals surface area contributed by atoms with Gasteiger partial charge in [0.1, 0.15) is 11.2 Å².